The zero-order chi connectivity index (χ0) is 15.3. The van der Waals surface area contributed by atoms with Crippen LogP contribution < -0.4 is 0 Å². The fourth-order valence-corrected chi connectivity index (χ4v) is 1.47. The molecular formula is C16H20O4. The molecule has 4 nitrogen and oxygen atoms in total. The maximum absolute atomic E-state index is 12.0. The molecule has 0 aromatic heterocycles. The molecule has 20 heavy (non-hydrogen) atoms. The second kappa shape index (κ2) is 6.37. The van der Waals surface area contributed by atoms with Gasteiger partial charge in [0.15, 0.2) is 0 Å². The predicted molar refractivity (Wildman–Crippen MR) is 77.0 cm³/mol. The van der Waals surface area contributed by atoms with Crippen LogP contribution in [0.25, 0.3) is 6.08 Å². The SMILES string of the molecule is COC(=O)/C(=C/c1ccc(C)cc1)C(=O)OC(C)(C)C. The van der Waals surface area contributed by atoms with Crippen LogP contribution in [0.1, 0.15) is 31.9 Å². The lowest BCUT2D eigenvalue weighted by molar-refractivity contribution is -0.153. The number of carbonyl (C=O) groups excluding carboxylic acids is 2. The molecule has 0 fully saturated rings. The second-order valence-corrected chi connectivity index (χ2v) is 5.46. The Balaban J connectivity index is 3.09. The van der Waals surface area contributed by atoms with E-state index in [0.29, 0.717) is 0 Å². The Labute approximate surface area is 119 Å². The number of rotatable bonds is 3. The molecule has 0 aliphatic rings. The molecule has 1 aromatic carbocycles. The van der Waals surface area contributed by atoms with Gasteiger partial charge in [-0.05, 0) is 39.3 Å². The van der Waals surface area contributed by atoms with Gasteiger partial charge in [-0.15, -0.1) is 0 Å². The van der Waals surface area contributed by atoms with Gasteiger partial charge in [0.1, 0.15) is 11.2 Å². The van der Waals surface area contributed by atoms with E-state index in [1.165, 1.54) is 13.2 Å². The molecule has 0 atom stereocenters. The molecule has 1 aromatic rings. The monoisotopic (exact) mass is 276 g/mol. The van der Waals surface area contributed by atoms with Crippen molar-refractivity contribution in [3.8, 4) is 0 Å². The Morgan fingerprint density at radius 1 is 1.05 bits per heavy atom. The zero-order valence-electron chi connectivity index (χ0n) is 12.5. The molecule has 4 heteroatoms. The highest BCUT2D eigenvalue weighted by atomic mass is 16.6. The largest absolute Gasteiger partial charge is 0.465 e. The van der Waals surface area contributed by atoms with Crippen molar-refractivity contribution in [1.29, 1.82) is 0 Å². The first kappa shape index (κ1) is 16.0. The summed E-state index contributed by atoms with van der Waals surface area (Å²) in [7, 11) is 1.23. The number of aryl methyl sites for hydroxylation is 1. The third kappa shape index (κ3) is 4.88. The van der Waals surface area contributed by atoms with Gasteiger partial charge in [0.25, 0.3) is 0 Å². The number of hydrogen-bond donors (Lipinski definition) is 0. The first-order valence-electron chi connectivity index (χ1n) is 6.33. The van der Waals surface area contributed by atoms with Crippen molar-refractivity contribution < 1.29 is 19.1 Å². The Hall–Kier alpha value is -2.10. The van der Waals surface area contributed by atoms with Gasteiger partial charge in [0.05, 0.1) is 7.11 Å². The molecule has 0 heterocycles. The van der Waals surface area contributed by atoms with E-state index < -0.39 is 17.5 Å². The first-order valence-corrected chi connectivity index (χ1v) is 6.33. The maximum Gasteiger partial charge on any atom is 0.346 e. The number of ether oxygens (including phenoxy) is 2. The summed E-state index contributed by atoms with van der Waals surface area (Å²) in [5.41, 5.74) is 1.05. The Morgan fingerprint density at radius 2 is 1.60 bits per heavy atom. The highest BCUT2D eigenvalue weighted by molar-refractivity contribution is 6.17. The Bertz CT molecular complexity index is 518. The summed E-state index contributed by atoms with van der Waals surface area (Å²) in [6, 6.07) is 7.44. The van der Waals surface area contributed by atoms with Gasteiger partial charge in [0.2, 0.25) is 0 Å². The van der Waals surface area contributed by atoms with Crippen LogP contribution in [0.4, 0.5) is 0 Å². The molecule has 108 valence electrons. The molecule has 0 aliphatic heterocycles. The van der Waals surface area contributed by atoms with Crippen molar-refractivity contribution in [1.82, 2.24) is 0 Å². The molecule has 0 amide bonds. The Kier molecular flexibility index (Phi) is 5.08. The van der Waals surface area contributed by atoms with Gasteiger partial charge in [-0.25, -0.2) is 9.59 Å². The minimum atomic E-state index is -0.708. The zero-order valence-corrected chi connectivity index (χ0v) is 12.5. The topological polar surface area (TPSA) is 52.6 Å². The third-order valence-electron chi connectivity index (χ3n) is 2.41. The highest BCUT2D eigenvalue weighted by Crippen LogP contribution is 2.15. The summed E-state index contributed by atoms with van der Waals surface area (Å²) < 4.78 is 9.85. The lowest BCUT2D eigenvalue weighted by atomic mass is 10.1. The molecule has 0 aliphatic carbocycles. The average molecular weight is 276 g/mol. The van der Waals surface area contributed by atoms with Gasteiger partial charge in [-0.3, -0.25) is 0 Å². The summed E-state index contributed by atoms with van der Waals surface area (Å²) in [5.74, 6) is -1.40. The number of esters is 2. The molecule has 0 saturated heterocycles. The maximum atomic E-state index is 12.0. The van der Waals surface area contributed by atoms with Gasteiger partial charge < -0.3 is 9.47 Å². The third-order valence-corrected chi connectivity index (χ3v) is 2.41. The second-order valence-electron chi connectivity index (χ2n) is 5.46. The van der Waals surface area contributed by atoms with Crippen LogP contribution in [0.2, 0.25) is 0 Å². The van der Waals surface area contributed by atoms with E-state index in [1.807, 2.05) is 31.2 Å². The van der Waals surface area contributed by atoms with E-state index in [2.05, 4.69) is 4.74 Å². The van der Waals surface area contributed by atoms with Crippen LogP contribution in [0, 0.1) is 6.92 Å². The van der Waals surface area contributed by atoms with Crippen molar-refractivity contribution in [3.05, 3.63) is 41.0 Å². The number of carbonyl (C=O) groups is 2. The predicted octanol–water partition coefficient (Wildman–Crippen LogP) is 2.89. The van der Waals surface area contributed by atoms with Crippen molar-refractivity contribution >= 4 is 18.0 Å². The standard InChI is InChI=1S/C16H20O4/c1-11-6-8-12(9-7-11)10-13(14(17)19-5)15(18)20-16(2,3)4/h6-10H,1-5H3/b13-10-. The molecule has 0 radical (unpaired) electrons. The highest BCUT2D eigenvalue weighted by Gasteiger charge is 2.25. The molecule has 1 rings (SSSR count). The fraction of sp³-hybridized carbons (Fsp3) is 0.375. The first-order chi connectivity index (χ1) is 9.23. The molecule has 0 N–H and O–H groups in total. The van der Waals surface area contributed by atoms with Crippen LogP contribution in [0.3, 0.4) is 0 Å². The number of methoxy groups -OCH3 is 1. The molecule has 0 bridgehead atoms. The summed E-state index contributed by atoms with van der Waals surface area (Å²) in [5, 5.41) is 0. The fourth-order valence-electron chi connectivity index (χ4n) is 1.47. The molecular weight excluding hydrogens is 256 g/mol. The van der Waals surface area contributed by atoms with E-state index in [-0.39, 0.29) is 5.57 Å². The Morgan fingerprint density at radius 3 is 2.05 bits per heavy atom. The van der Waals surface area contributed by atoms with E-state index in [1.54, 1.807) is 20.8 Å². The summed E-state index contributed by atoms with van der Waals surface area (Å²) in [4.78, 5) is 23.8. The van der Waals surface area contributed by atoms with Crippen LogP contribution >= 0.6 is 0 Å². The number of benzene rings is 1. The average Bonchev–Trinajstić information content (AvgIpc) is 2.35. The van der Waals surface area contributed by atoms with Crippen molar-refractivity contribution in [2.75, 3.05) is 7.11 Å². The quantitative estimate of drug-likeness (QED) is 0.369. The normalized spacial score (nSPS) is 11.9. The van der Waals surface area contributed by atoms with Gasteiger partial charge in [-0.2, -0.15) is 0 Å². The molecule has 0 unspecified atom stereocenters. The van der Waals surface area contributed by atoms with Crippen LogP contribution in [-0.2, 0) is 19.1 Å². The lowest BCUT2D eigenvalue weighted by Gasteiger charge is -2.19. The minimum absolute atomic E-state index is 0.119. The summed E-state index contributed by atoms with van der Waals surface area (Å²) in [6.45, 7) is 7.19. The minimum Gasteiger partial charge on any atom is -0.465 e. The molecule has 0 spiro atoms. The number of hydrogen-bond acceptors (Lipinski definition) is 4. The van der Waals surface area contributed by atoms with Crippen LogP contribution in [0.15, 0.2) is 29.8 Å². The van der Waals surface area contributed by atoms with E-state index in [4.69, 9.17) is 4.74 Å². The smallest absolute Gasteiger partial charge is 0.346 e. The van der Waals surface area contributed by atoms with Gasteiger partial charge >= 0.3 is 11.9 Å². The lowest BCUT2D eigenvalue weighted by Crippen LogP contribution is -2.27. The molecule has 0 saturated carbocycles. The van der Waals surface area contributed by atoms with Crippen molar-refractivity contribution in [3.63, 3.8) is 0 Å². The van der Waals surface area contributed by atoms with Crippen LogP contribution in [0.5, 0.6) is 0 Å². The van der Waals surface area contributed by atoms with Crippen LogP contribution in [-0.4, -0.2) is 24.6 Å². The summed E-state index contributed by atoms with van der Waals surface area (Å²) in [6.07, 6.45) is 1.47. The van der Waals surface area contributed by atoms with Gasteiger partial charge in [-0.1, -0.05) is 29.8 Å². The van der Waals surface area contributed by atoms with Crippen molar-refractivity contribution in [2.45, 2.75) is 33.3 Å². The van der Waals surface area contributed by atoms with E-state index >= 15 is 0 Å². The van der Waals surface area contributed by atoms with E-state index in [9.17, 15) is 9.59 Å². The van der Waals surface area contributed by atoms with Gasteiger partial charge in [0, 0.05) is 0 Å². The summed E-state index contributed by atoms with van der Waals surface area (Å²) >= 11 is 0. The van der Waals surface area contributed by atoms with Crippen molar-refractivity contribution in [2.24, 2.45) is 0 Å². The van der Waals surface area contributed by atoms with E-state index in [0.717, 1.165) is 11.1 Å².